The Kier molecular flexibility index (Phi) is 4.30. The summed E-state index contributed by atoms with van der Waals surface area (Å²) in [5.74, 6) is -0.953. The molecule has 1 aromatic heterocycles. The van der Waals surface area contributed by atoms with Gasteiger partial charge >= 0.3 is 0 Å². The normalized spacial score (nSPS) is 16.2. The molecule has 3 rings (SSSR count). The Morgan fingerprint density at radius 3 is 2.56 bits per heavy atom. The minimum absolute atomic E-state index is 0.139. The Morgan fingerprint density at radius 1 is 1.24 bits per heavy atom. The molecule has 128 valence electrons. The summed E-state index contributed by atoms with van der Waals surface area (Å²) in [5.41, 5.74) is 0.293. The van der Waals surface area contributed by atoms with E-state index in [-0.39, 0.29) is 34.9 Å². The third kappa shape index (κ3) is 3.25. The number of carbonyl (C=O) groups is 3. The zero-order chi connectivity index (χ0) is 18.2. The van der Waals surface area contributed by atoms with Gasteiger partial charge in [0.25, 0.3) is 5.91 Å². The quantitative estimate of drug-likeness (QED) is 0.855. The van der Waals surface area contributed by atoms with E-state index in [1.165, 1.54) is 12.3 Å². The molecule has 7 heteroatoms. The molecule has 1 aliphatic rings. The fourth-order valence-corrected chi connectivity index (χ4v) is 2.92. The molecule has 2 aromatic rings. The van der Waals surface area contributed by atoms with Crippen molar-refractivity contribution in [2.45, 2.75) is 20.3 Å². The Bertz CT molecular complexity index is 865. The number of pyridine rings is 1. The van der Waals surface area contributed by atoms with E-state index in [2.05, 4.69) is 10.3 Å². The fourth-order valence-electron chi connectivity index (χ4n) is 2.65. The highest BCUT2D eigenvalue weighted by Gasteiger charge is 2.46. The Hall–Kier alpha value is -2.73. The van der Waals surface area contributed by atoms with E-state index in [0.29, 0.717) is 11.4 Å². The second kappa shape index (κ2) is 6.29. The van der Waals surface area contributed by atoms with Crippen LogP contribution in [0, 0.1) is 5.41 Å². The molecule has 0 atom stereocenters. The van der Waals surface area contributed by atoms with E-state index in [9.17, 15) is 14.4 Å². The molecule has 0 saturated carbocycles. The second-order valence-corrected chi connectivity index (χ2v) is 6.84. The number of rotatable bonds is 3. The van der Waals surface area contributed by atoms with E-state index < -0.39 is 5.41 Å². The number of hydrogen-bond acceptors (Lipinski definition) is 4. The van der Waals surface area contributed by atoms with Gasteiger partial charge in [-0.2, -0.15) is 0 Å². The Balaban J connectivity index is 1.83. The molecule has 0 spiro atoms. The summed E-state index contributed by atoms with van der Waals surface area (Å²) in [7, 11) is 0. The van der Waals surface area contributed by atoms with Crippen LogP contribution >= 0.6 is 11.6 Å². The molecular weight excluding hydrogens is 342 g/mol. The number of hydrogen-bond donors (Lipinski definition) is 1. The largest absolute Gasteiger partial charge is 0.321 e. The lowest BCUT2D eigenvalue weighted by Gasteiger charge is -2.19. The van der Waals surface area contributed by atoms with Crippen molar-refractivity contribution >= 4 is 40.7 Å². The van der Waals surface area contributed by atoms with Gasteiger partial charge in [-0.15, -0.1) is 0 Å². The van der Waals surface area contributed by atoms with Crippen LogP contribution in [0.2, 0.25) is 5.02 Å². The highest BCUT2D eigenvalue weighted by Crippen LogP contribution is 2.38. The van der Waals surface area contributed by atoms with Crippen molar-refractivity contribution in [1.82, 2.24) is 4.98 Å². The van der Waals surface area contributed by atoms with Gasteiger partial charge in [-0.05, 0) is 30.3 Å². The first-order valence-electron chi connectivity index (χ1n) is 7.69. The first kappa shape index (κ1) is 17.1. The van der Waals surface area contributed by atoms with E-state index in [1.54, 1.807) is 44.2 Å². The van der Waals surface area contributed by atoms with E-state index in [1.807, 2.05) is 0 Å². The van der Waals surface area contributed by atoms with Crippen LogP contribution in [-0.4, -0.2) is 22.7 Å². The smallest absolute Gasteiger partial charge is 0.274 e. The molecule has 2 heterocycles. The molecule has 1 aliphatic heterocycles. The van der Waals surface area contributed by atoms with E-state index in [0.717, 1.165) is 4.90 Å². The molecule has 3 amide bonds. The van der Waals surface area contributed by atoms with Gasteiger partial charge in [0.15, 0.2) is 0 Å². The van der Waals surface area contributed by atoms with Crippen LogP contribution in [0.4, 0.5) is 11.4 Å². The molecule has 0 radical (unpaired) electrons. The van der Waals surface area contributed by atoms with E-state index >= 15 is 0 Å². The van der Waals surface area contributed by atoms with Crippen LogP contribution in [-0.2, 0) is 9.59 Å². The zero-order valence-corrected chi connectivity index (χ0v) is 14.5. The molecule has 1 saturated heterocycles. The maximum atomic E-state index is 12.4. The molecule has 0 aliphatic carbocycles. The van der Waals surface area contributed by atoms with Crippen molar-refractivity contribution in [3.63, 3.8) is 0 Å². The fraction of sp³-hybridized carbons (Fsp3) is 0.222. The van der Waals surface area contributed by atoms with Gasteiger partial charge in [0.05, 0.1) is 16.1 Å². The first-order valence-corrected chi connectivity index (χ1v) is 8.07. The third-order valence-corrected chi connectivity index (χ3v) is 4.27. The number of carbonyl (C=O) groups excluding carboxylic acids is 3. The van der Waals surface area contributed by atoms with Gasteiger partial charge in [0.1, 0.15) is 5.69 Å². The predicted octanol–water partition coefficient (Wildman–Crippen LogP) is 3.28. The minimum atomic E-state index is -0.744. The van der Waals surface area contributed by atoms with Gasteiger partial charge in [-0.1, -0.05) is 31.5 Å². The van der Waals surface area contributed by atoms with Gasteiger partial charge in [0, 0.05) is 18.3 Å². The lowest BCUT2D eigenvalue weighted by molar-refractivity contribution is -0.124. The lowest BCUT2D eigenvalue weighted by atomic mass is 9.92. The molecule has 0 bridgehead atoms. The van der Waals surface area contributed by atoms with Crippen LogP contribution in [0.1, 0.15) is 30.8 Å². The van der Waals surface area contributed by atoms with Crippen molar-refractivity contribution in [2.75, 3.05) is 10.2 Å². The van der Waals surface area contributed by atoms with Gasteiger partial charge < -0.3 is 5.32 Å². The summed E-state index contributed by atoms with van der Waals surface area (Å²) >= 11 is 6.25. The van der Waals surface area contributed by atoms with Gasteiger partial charge in [-0.25, -0.2) is 4.90 Å². The summed E-state index contributed by atoms with van der Waals surface area (Å²) in [5, 5.41) is 2.89. The van der Waals surface area contributed by atoms with Crippen LogP contribution < -0.4 is 10.2 Å². The minimum Gasteiger partial charge on any atom is -0.321 e. The molecule has 1 N–H and O–H groups in total. The van der Waals surface area contributed by atoms with Gasteiger partial charge in [-0.3, -0.25) is 19.4 Å². The van der Waals surface area contributed by atoms with Crippen molar-refractivity contribution in [3.05, 3.63) is 53.3 Å². The summed E-state index contributed by atoms with van der Waals surface area (Å²) < 4.78 is 0. The summed E-state index contributed by atoms with van der Waals surface area (Å²) in [6.07, 6.45) is 1.66. The second-order valence-electron chi connectivity index (χ2n) is 6.43. The number of amides is 3. The Morgan fingerprint density at radius 2 is 2.00 bits per heavy atom. The summed E-state index contributed by atoms with van der Waals surface area (Å²) in [6, 6.07) is 9.67. The SMILES string of the molecule is CC1(C)CC(=O)N(c2ccc(NC(=O)c3ccccn3)cc2Cl)C1=O. The average molecular weight is 358 g/mol. The summed E-state index contributed by atoms with van der Waals surface area (Å²) in [4.78, 5) is 41.8. The van der Waals surface area contributed by atoms with Crippen molar-refractivity contribution in [2.24, 2.45) is 5.41 Å². The topological polar surface area (TPSA) is 79.4 Å². The number of nitrogens with zero attached hydrogens (tertiary/aromatic N) is 2. The van der Waals surface area contributed by atoms with E-state index in [4.69, 9.17) is 11.6 Å². The molecule has 0 unspecified atom stereocenters. The van der Waals surface area contributed by atoms with Crippen molar-refractivity contribution in [1.29, 1.82) is 0 Å². The molecule has 25 heavy (non-hydrogen) atoms. The molecule has 1 fully saturated rings. The third-order valence-electron chi connectivity index (χ3n) is 3.97. The average Bonchev–Trinajstić information content (AvgIpc) is 2.77. The molecule has 1 aromatic carbocycles. The monoisotopic (exact) mass is 357 g/mol. The number of benzene rings is 1. The number of aromatic nitrogens is 1. The number of anilines is 2. The van der Waals surface area contributed by atoms with Crippen LogP contribution in [0.5, 0.6) is 0 Å². The maximum Gasteiger partial charge on any atom is 0.274 e. The van der Waals surface area contributed by atoms with Crippen molar-refractivity contribution < 1.29 is 14.4 Å². The maximum absolute atomic E-state index is 12.4. The van der Waals surface area contributed by atoms with Crippen LogP contribution in [0.3, 0.4) is 0 Å². The van der Waals surface area contributed by atoms with Gasteiger partial charge in [0.2, 0.25) is 11.8 Å². The first-order chi connectivity index (χ1) is 11.8. The standard InChI is InChI=1S/C18H16ClN3O3/c1-18(2)10-15(23)22(17(18)25)14-7-6-11(9-12(14)19)21-16(24)13-5-3-4-8-20-13/h3-9H,10H2,1-2H3,(H,21,24). The predicted molar refractivity (Wildman–Crippen MR) is 94.5 cm³/mol. The highest BCUT2D eigenvalue weighted by atomic mass is 35.5. The number of nitrogens with one attached hydrogen (secondary N) is 1. The van der Waals surface area contributed by atoms with Crippen LogP contribution in [0.15, 0.2) is 42.6 Å². The highest BCUT2D eigenvalue weighted by molar-refractivity contribution is 6.36. The number of imide groups is 1. The number of halogens is 1. The molecular formula is C18H16ClN3O3. The zero-order valence-electron chi connectivity index (χ0n) is 13.7. The molecule has 6 nitrogen and oxygen atoms in total. The Labute approximate surface area is 149 Å². The van der Waals surface area contributed by atoms with Crippen LogP contribution in [0.25, 0.3) is 0 Å². The van der Waals surface area contributed by atoms with Crippen molar-refractivity contribution in [3.8, 4) is 0 Å². The summed E-state index contributed by atoms with van der Waals surface area (Å²) in [6.45, 7) is 3.45. The lowest BCUT2D eigenvalue weighted by Crippen LogP contribution is -2.33.